The van der Waals surface area contributed by atoms with Crippen molar-refractivity contribution in [2.75, 3.05) is 63.9 Å². The van der Waals surface area contributed by atoms with Gasteiger partial charge in [-0.25, -0.2) is 4.39 Å². The van der Waals surface area contributed by atoms with Crippen LogP contribution in [0.25, 0.3) is 0 Å². The van der Waals surface area contributed by atoms with Crippen LogP contribution in [-0.4, -0.2) is 63.9 Å². The highest BCUT2D eigenvalue weighted by molar-refractivity contribution is 5.47. The molecular formula is C16H26FN3O. The number of benzene rings is 1. The fraction of sp³-hybridized carbons (Fsp3) is 0.625. The SMILES string of the molecule is CCOCCNCCN1CCN(c2ccccc2F)CC1. The van der Waals surface area contributed by atoms with Gasteiger partial charge in [0.25, 0.3) is 0 Å². The molecule has 0 saturated carbocycles. The molecule has 0 unspecified atom stereocenters. The second kappa shape index (κ2) is 8.97. The van der Waals surface area contributed by atoms with Gasteiger partial charge in [-0.05, 0) is 19.1 Å². The molecule has 0 atom stereocenters. The normalized spacial score (nSPS) is 16.4. The van der Waals surface area contributed by atoms with Crippen molar-refractivity contribution < 1.29 is 9.13 Å². The van der Waals surface area contributed by atoms with Gasteiger partial charge in [0.1, 0.15) is 5.82 Å². The molecule has 1 aromatic rings. The molecule has 1 aliphatic heterocycles. The number of hydrogen-bond donors (Lipinski definition) is 1. The maximum Gasteiger partial charge on any atom is 0.146 e. The molecule has 5 heteroatoms. The van der Waals surface area contributed by atoms with Crippen LogP contribution in [0.2, 0.25) is 0 Å². The zero-order valence-corrected chi connectivity index (χ0v) is 12.9. The van der Waals surface area contributed by atoms with Crippen LogP contribution in [0.5, 0.6) is 0 Å². The van der Waals surface area contributed by atoms with Gasteiger partial charge >= 0.3 is 0 Å². The van der Waals surface area contributed by atoms with E-state index in [1.54, 1.807) is 6.07 Å². The quantitative estimate of drug-likeness (QED) is 0.737. The third kappa shape index (κ3) is 5.26. The number of para-hydroxylation sites is 1. The molecule has 0 amide bonds. The Morgan fingerprint density at radius 2 is 1.90 bits per heavy atom. The van der Waals surface area contributed by atoms with E-state index in [1.165, 1.54) is 6.07 Å². The first-order chi connectivity index (χ1) is 10.3. The minimum Gasteiger partial charge on any atom is -0.380 e. The molecule has 0 bridgehead atoms. The van der Waals surface area contributed by atoms with Gasteiger partial charge in [-0.3, -0.25) is 4.90 Å². The van der Waals surface area contributed by atoms with E-state index < -0.39 is 0 Å². The van der Waals surface area contributed by atoms with Crippen molar-refractivity contribution in [3.05, 3.63) is 30.1 Å². The summed E-state index contributed by atoms with van der Waals surface area (Å²) in [7, 11) is 0. The van der Waals surface area contributed by atoms with E-state index in [0.717, 1.165) is 64.7 Å². The number of hydrogen-bond acceptors (Lipinski definition) is 4. The minimum atomic E-state index is -0.122. The van der Waals surface area contributed by atoms with Crippen LogP contribution in [0.3, 0.4) is 0 Å². The summed E-state index contributed by atoms with van der Waals surface area (Å²) in [5.41, 5.74) is 0.729. The Hall–Kier alpha value is -1.17. The lowest BCUT2D eigenvalue weighted by Gasteiger charge is -2.36. The second-order valence-electron chi connectivity index (χ2n) is 5.23. The van der Waals surface area contributed by atoms with Crippen molar-refractivity contribution in [1.29, 1.82) is 0 Å². The van der Waals surface area contributed by atoms with E-state index in [0.29, 0.717) is 0 Å². The average molecular weight is 295 g/mol. The molecular weight excluding hydrogens is 269 g/mol. The Labute approximate surface area is 126 Å². The number of anilines is 1. The molecule has 0 aliphatic carbocycles. The number of nitrogens with one attached hydrogen (secondary N) is 1. The number of ether oxygens (including phenoxy) is 1. The van der Waals surface area contributed by atoms with Gasteiger partial charge in [0, 0.05) is 52.4 Å². The Morgan fingerprint density at radius 3 is 2.62 bits per heavy atom. The first kappa shape index (κ1) is 16.2. The van der Waals surface area contributed by atoms with Gasteiger partial charge in [0.2, 0.25) is 0 Å². The van der Waals surface area contributed by atoms with E-state index in [4.69, 9.17) is 4.74 Å². The van der Waals surface area contributed by atoms with E-state index in [2.05, 4.69) is 15.1 Å². The molecule has 0 aromatic heterocycles. The molecule has 0 spiro atoms. The summed E-state index contributed by atoms with van der Waals surface area (Å²) in [6.45, 7) is 10.2. The Morgan fingerprint density at radius 1 is 1.14 bits per heavy atom. The summed E-state index contributed by atoms with van der Waals surface area (Å²) in [5, 5.41) is 3.38. The fourth-order valence-corrected chi connectivity index (χ4v) is 2.57. The monoisotopic (exact) mass is 295 g/mol. The van der Waals surface area contributed by atoms with Crippen LogP contribution in [0.4, 0.5) is 10.1 Å². The van der Waals surface area contributed by atoms with Crippen LogP contribution in [0.15, 0.2) is 24.3 Å². The highest BCUT2D eigenvalue weighted by Gasteiger charge is 2.18. The van der Waals surface area contributed by atoms with Crippen LogP contribution in [0, 0.1) is 5.82 Å². The molecule has 1 fully saturated rings. The van der Waals surface area contributed by atoms with Crippen molar-refractivity contribution in [1.82, 2.24) is 10.2 Å². The first-order valence-corrected chi connectivity index (χ1v) is 7.81. The van der Waals surface area contributed by atoms with E-state index >= 15 is 0 Å². The van der Waals surface area contributed by atoms with Gasteiger partial charge in [-0.15, -0.1) is 0 Å². The lowest BCUT2D eigenvalue weighted by atomic mass is 10.2. The van der Waals surface area contributed by atoms with E-state index in [9.17, 15) is 4.39 Å². The van der Waals surface area contributed by atoms with E-state index in [-0.39, 0.29) is 5.82 Å². The van der Waals surface area contributed by atoms with Crippen molar-refractivity contribution in [2.45, 2.75) is 6.92 Å². The average Bonchev–Trinajstić information content (AvgIpc) is 2.52. The summed E-state index contributed by atoms with van der Waals surface area (Å²) < 4.78 is 19.0. The summed E-state index contributed by atoms with van der Waals surface area (Å²) in [6, 6.07) is 7.03. The smallest absolute Gasteiger partial charge is 0.146 e. The van der Waals surface area contributed by atoms with Gasteiger partial charge < -0.3 is 15.0 Å². The van der Waals surface area contributed by atoms with Crippen molar-refractivity contribution >= 4 is 5.69 Å². The first-order valence-electron chi connectivity index (χ1n) is 7.81. The summed E-state index contributed by atoms with van der Waals surface area (Å²) >= 11 is 0. The summed E-state index contributed by atoms with van der Waals surface area (Å²) in [6.07, 6.45) is 0. The minimum absolute atomic E-state index is 0.122. The molecule has 1 aromatic carbocycles. The predicted molar refractivity (Wildman–Crippen MR) is 84.4 cm³/mol. The Kier molecular flexibility index (Phi) is 6.92. The maximum atomic E-state index is 13.7. The second-order valence-corrected chi connectivity index (χ2v) is 5.23. The third-order valence-corrected chi connectivity index (χ3v) is 3.80. The van der Waals surface area contributed by atoms with Crippen molar-refractivity contribution in [3.63, 3.8) is 0 Å². The topological polar surface area (TPSA) is 27.7 Å². The molecule has 1 aliphatic rings. The summed E-state index contributed by atoms with van der Waals surface area (Å²) in [4.78, 5) is 4.55. The number of piperazine rings is 1. The number of halogens is 1. The molecule has 21 heavy (non-hydrogen) atoms. The lowest BCUT2D eigenvalue weighted by Crippen LogP contribution is -2.48. The van der Waals surface area contributed by atoms with Crippen LogP contribution in [-0.2, 0) is 4.74 Å². The number of nitrogens with zero attached hydrogens (tertiary/aromatic N) is 2. The van der Waals surface area contributed by atoms with Gasteiger partial charge in [-0.1, -0.05) is 12.1 Å². The predicted octanol–water partition coefficient (Wildman–Crippen LogP) is 1.57. The maximum absolute atomic E-state index is 13.7. The zero-order valence-electron chi connectivity index (χ0n) is 12.9. The molecule has 4 nitrogen and oxygen atoms in total. The van der Waals surface area contributed by atoms with Crippen LogP contribution in [0.1, 0.15) is 6.92 Å². The highest BCUT2D eigenvalue weighted by Crippen LogP contribution is 2.19. The number of rotatable bonds is 8. The van der Waals surface area contributed by atoms with Crippen molar-refractivity contribution in [2.24, 2.45) is 0 Å². The molecule has 1 heterocycles. The van der Waals surface area contributed by atoms with Crippen LogP contribution >= 0.6 is 0 Å². The third-order valence-electron chi connectivity index (χ3n) is 3.80. The highest BCUT2D eigenvalue weighted by atomic mass is 19.1. The van der Waals surface area contributed by atoms with E-state index in [1.807, 2.05) is 19.1 Å². The molecule has 1 saturated heterocycles. The van der Waals surface area contributed by atoms with Gasteiger partial charge in [0.15, 0.2) is 0 Å². The van der Waals surface area contributed by atoms with Gasteiger partial charge in [-0.2, -0.15) is 0 Å². The molecule has 0 radical (unpaired) electrons. The lowest BCUT2D eigenvalue weighted by molar-refractivity contribution is 0.148. The van der Waals surface area contributed by atoms with Crippen LogP contribution < -0.4 is 10.2 Å². The molecule has 1 N–H and O–H groups in total. The molecule has 118 valence electrons. The Balaban J connectivity index is 1.63. The summed E-state index contributed by atoms with van der Waals surface area (Å²) in [5.74, 6) is -0.122. The standard InChI is InChI=1S/C16H26FN3O/c1-2-21-14-8-18-7-9-19-10-12-20(13-11-19)16-6-4-3-5-15(16)17/h3-6,18H,2,7-14H2,1H3. The molecule has 2 rings (SSSR count). The van der Waals surface area contributed by atoms with Crippen molar-refractivity contribution in [3.8, 4) is 0 Å². The fourth-order valence-electron chi connectivity index (χ4n) is 2.57. The zero-order chi connectivity index (χ0) is 14.9. The van der Waals surface area contributed by atoms with Gasteiger partial charge in [0.05, 0.1) is 12.3 Å². The Bertz CT molecular complexity index is 408. The largest absolute Gasteiger partial charge is 0.380 e.